The van der Waals surface area contributed by atoms with Crippen LogP contribution in [-0.2, 0) is 14.8 Å². The van der Waals surface area contributed by atoms with Crippen LogP contribution < -0.4 is 10.0 Å². The summed E-state index contributed by atoms with van der Waals surface area (Å²) >= 11 is 5.96. The zero-order valence-corrected chi connectivity index (χ0v) is 15.2. The number of nitrogens with one attached hydrogen (secondary N) is 2. The second-order valence-corrected chi connectivity index (χ2v) is 9.65. The molecule has 0 radical (unpaired) electrons. The summed E-state index contributed by atoms with van der Waals surface area (Å²) in [6, 6.07) is 0.0353. The van der Waals surface area contributed by atoms with Crippen molar-refractivity contribution in [2.75, 3.05) is 6.54 Å². The fourth-order valence-corrected chi connectivity index (χ4v) is 3.23. The van der Waals surface area contributed by atoms with E-state index in [1.54, 1.807) is 20.8 Å². The predicted octanol–water partition coefficient (Wildman–Crippen LogP) is 2.67. The van der Waals surface area contributed by atoms with Crippen LogP contribution in [0, 0.1) is 0 Å². The molecule has 0 fully saturated rings. The van der Waals surface area contributed by atoms with Gasteiger partial charge in [-0.15, -0.1) is 0 Å². The third-order valence-electron chi connectivity index (χ3n) is 3.59. The quantitative estimate of drug-likeness (QED) is 0.693. The molecule has 2 N–H and O–H groups in total. The van der Waals surface area contributed by atoms with Crippen molar-refractivity contribution in [1.82, 2.24) is 10.0 Å². The van der Waals surface area contributed by atoms with Crippen molar-refractivity contribution in [3.8, 4) is 0 Å². The minimum atomic E-state index is -3.30. The Morgan fingerprint density at radius 3 is 2.64 bits per heavy atom. The van der Waals surface area contributed by atoms with E-state index in [9.17, 15) is 13.2 Å². The third-order valence-corrected chi connectivity index (χ3v) is 6.10. The first-order chi connectivity index (χ1) is 10.1. The molecular formula is C15H27ClN2O3S. The van der Waals surface area contributed by atoms with E-state index in [4.69, 9.17) is 11.6 Å². The Kier molecular flexibility index (Phi) is 7.35. The highest BCUT2D eigenvalue weighted by atomic mass is 35.5. The molecule has 0 bridgehead atoms. The lowest BCUT2D eigenvalue weighted by Gasteiger charge is -2.20. The Hall–Kier alpha value is -0.590. The van der Waals surface area contributed by atoms with Crippen LogP contribution in [0.2, 0.25) is 0 Å². The van der Waals surface area contributed by atoms with E-state index in [0.29, 0.717) is 25.8 Å². The van der Waals surface area contributed by atoms with Gasteiger partial charge in [-0.25, -0.2) is 13.1 Å². The molecule has 1 unspecified atom stereocenters. The fourth-order valence-electron chi connectivity index (χ4n) is 2.10. The van der Waals surface area contributed by atoms with E-state index < -0.39 is 14.8 Å². The maximum Gasteiger partial charge on any atom is 0.220 e. The second kappa shape index (κ2) is 8.31. The first-order valence-electron chi connectivity index (χ1n) is 7.76. The van der Waals surface area contributed by atoms with Crippen molar-refractivity contribution in [3.05, 3.63) is 11.1 Å². The first-order valence-corrected chi connectivity index (χ1v) is 9.63. The van der Waals surface area contributed by atoms with Crippen LogP contribution in [0.5, 0.6) is 0 Å². The van der Waals surface area contributed by atoms with Crippen molar-refractivity contribution in [2.45, 2.75) is 70.1 Å². The standard InChI is InChI=1S/C15H27ClN2O3S/c1-15(2,3)22(20,21)17-10-5-4-9-14(19)18-13-8-6-7-12(16)11-13/h11,13,17H,4-10H2,1-3H3,(H,18,19). The summed E-state index contributed by atoms with van der Waals surface area (Å²) in [5.74, 6) is -0.00806. The van der Waals surface area contributed by atoms with E-state index in [-0.39, 0.29) is 11.9 Å². The minimum Gasteiger partial charge on any atom is -0.350 e. The molecule has 7 heteroatoms. The van der Waals surface area contributed by atoms with Gasteiger partial charge in [0.05, 0.1) is 4.75 Å². The molecule has 1 atom stereocenters. The minimum absolute atomic E-state index is 0.00806. The SMILES string of the molecule is CC(C)(C)S(=O)(=O)NCCCCC(=O)NC1C=C(Cl)CCC1. The van der Waals surface area contributed by atoms with Crippen molar-refractivity contribution in [1.29, 1.82) is 0 Å². The molecule has 0 heterocycles. The highest BCUT2D eigenvalue weighted by Gasteiger charge is 2.27. The molecule has 1 amide bonds. The lowest BCUT2D eigenvalue weighted by Crippen LogP contribution is -2.39. The lowest BCUT2D eigenvalue weighted by atomic mass is 10.0. The Morgan fingerprint density at radius 2 is 2.05 bits per heavy atom. The zero-order chi connectivity index (χ0) is 16.8. The number of allylic oxidation sites excluding steroid dienone is 1. The first kappa shape index (κ1) is 19.5. The van der Waals surface area contributed by atoms with E-state index in [2.05, 4.69) is 10.0 Å². The number of hydrogen-bond acceptors (Lipinski definition) is 3. The molecule has 0 saturated heterocycles. The summed E-state index contributed by atoms with van der Waals surface area (Å²) in [6.07, 6.45) is 6.41. The highest BCUT2D eigenvalue weighted by molar-refractivity contribution is 7.90. The van der Waals surface area contributed by atoms with Crippen molar-refractivity contribution in [2.24, 2.45) is 0 Å². The van der Waals surface area contributed by atoms with Gasteiger partial charge in [0.15, 0.2) is 0 Å². The molecule has 5 nitrogen and oxygen atoms in total. The van der Waals surface area contributed by atoms with E-state index in [0.717, 1.165) is 24.3 Å². The van der Waals surface area contributed by atoms with E-state index in [1.165, 1.54) is 0 Å². The summed E-state index contributed by atoms with van der Waals surface area (Å²) in [5, 5.41) is 3.76. The zero-order valence-electron chi connectivity index (χ0n) is 13.6. The van der Waals surface area contributed by atoms with Crippen LogP contribution in [0.1, 0.15) is 59.3 Å². The predicted molar refractivity (Wildman–Crippen MR) is 90.2 cm³/mol. The molecular weight excluding hydrogens is 324 g/mol. The lowest BCUT2D eigenvalue weighted by molar-refractivity contribution is -0.121. The molecule has 1 aliphatic carbocycles. The average molecular weight is 351 g/mol. The number of hydrogen-bond donors (Lipinski definition) is 2. The summed E-state index contributed by atoms with van der Waals surface area (Å²) < 4.78 is 25.4. The van der Waals surface area contributed by atoms with Gasteiger partial charge in [-0.05, 0) is 59.0 Å². The van der Waals surface area contributed by atoms with Gasteiger partial charge in [-0.2, -0.15) is 0 Å². The van der Waals surface area contributed by atoms with Crippen LogP contribution in [0.25, 0.3) is 0 Å². The maximum absolute atomic E-state index is 11.8. The summed E-state index contributed by atoms with van der Waals surface area (Å²) in [4.78, 5) is 11.8. The van der Waals surface area contributed by atoms with Crippen LogP contribution >= 0.6 is 11.6 Å². The van der Waals surface area contributed by atoms with E-state index >= 15 is 0 Å². The highest BCUT2D eigenvalue weighted by Crippen LogP contribution is 2.20. The Labute approximate surface area is 138 Å². The Bertz CT molecular complexity index is 509. The van der Waals surface area contributed by atoms with Crippen LogP contribution in [0.3, 0.4) is 0 Å². The molecule has 0 aromatic heterocycles. The normalized spacial score (nSPS) is 19.6. The van der Waals surface area contributed by atoms with Crippen molar-refractivity contribution >= 4 is 27.5 Å². The van der Waals surface area contributed by atoms with Gasteiger partial charge in [-0.3, -0.25) is 4.79 Å². The van der Waals surface area contributed by atoms with Gasteiger partial charge >= 0.3 is 0 Å². The van der Waals surface area contributed by atoms with Gasteiger partial charge in [0, 0.05) is 24.0 Å². The Balaban J connectivity index is 2.20. The van der Waals surface area contributed by atoms with Crippen molar-refractivity contribution in [3.63, 3.8) is 0 Å². The number of halogens is 1. The number of carbonyl (C=O) groups is 1. The maximum atomic E-state index is 11.8. The smallest absolute Gasteiger partial charge is 0.220 e. The number of rotatable bonds is 7. The molecule has 0 aliphatic heterocycles. The molecule has 1 rings (SSSR count). The summed E-state index contributed by atoms with van der Waals surface area (Å²) in [7, 11) is -3.30. The van der Waals surface area contributed by atoms with Gasteiger partial charge in [0.25, 0.3) is 0 Å². The van der Waals surface area contributed by atoms with Crippen LogP contribution in [0.4, 0.5) is 0 Å². The summed E-state index contributed by atoms with van der Waals surface area (Å²) in [6.45, 7) is 5.34. The monoisotopic (exact) mass is 350 g/mol. The fraction of sp³-hybridized carbons (Fsp3) is 0.800. The van der Waals surface area contributed by atoms with Gasteiger partial charge < -0.3 is 5.32 Å². The second-order valence-electron chi connectivity index (χ2n) is 6.65. The number of amides is 1. The van der Waals surface area contributed by atoms with E-state index in [1.807, 2.05) is 6.08 Å². The molecule has 0 spiro atoms. The average Bonchev–Trinajstić information content (AvgIpc) is 2.36. The molecule has 0 aromatic rings. The van der Waals surface area contributed by atoms with Crippen molar-refractivity contribution < 1.29 is 13.2 Å². The Morgan fingerprint density at radius 1 is 1.36 bits per heavy atom. The van der Waals surface area contributed by atoms with Crippen LogP contribution in [-0.4, -0.2) is 31.7 Å². The molecule has 128 valence electrons. The number of sulfonamides is 1. The largest absolute Gasteiger partial charge is 0.350 e. The van der Waals surface area contributed by atoms with Gasteiger partial charge in [-0.1, -0.05) is 11.6 Å². The van der Waals surface area contributed by atoms with Crippen LogP contribution in [0.15, 0.2) is 11.1 Å². The molecule has 0 aromatic carbocycles. The summed E-state index contributed by atoms with van der Waals surface area (Å²) in [5.41, 5.74) is 0. The topological polar surface area (TPSA) is 75.3 Å². The van der Waals surface area contributed by atoms with Gasteiger partial charge in [0.1, 0.15) is 0 Å². The number of unbranched alkanes of at least 4 members (excludes halogenated alkanes) is 1. The van der Waals surface area contributed by atoms with Gasteiger partial charge in [0.2, 0.25) is 15.9 Å². The molecule has 0 saturated carbocycles. The molecule has 22 heavy (non-hydrogen) atoms. The third kappa shape index (κ3) is 6.67. The number of carbonyl (C=O) groups excluding carboxylic acids is 1. The molecule has 1 aliphatic rings.